The predicted molar refractivity (Wildman–Crippen MR) is 111 cm³/mol. The van der Waals surface area contributed by atoms with Crippen molar-refractivity contribution < 1.29 is 14.3 Å². The quantitative estimate of drug-likeness (QED) is 0.474. The van der Waals surface area contributed by atoms with Gasteiger partial charge in [0.1, 0.15) is 22.1 Å². The molecule has 0 aliphatic carbocycles. The predicted octanol–water partition coefficient (Wildman–Crippen LogP) is 3.84. The summed E-state index contributed by atoms with van der Waals surface area (Å²) in [5.74, 6) is -0.699. The highest BCUT2D eigenvalue weighted by atomic mass is 35.5. The number of pyridine rings is 2. The maximum Gasteiger partial charge on any atom is 0.229 e. The molecule has 0 bridgehead atoms. The average molecular weight is 426 g/mol. The third kappa shape index (κ3) is 4.00. The van der Waals surface area contributed by atoms with Crippen molar-refractivity contribution in [1.82, 2.24) is 19.5 Å². The summed E-state index contributed by atoms with van der Waals surface area (Å²) in [6, 6.07) is 14.0. The van der Waals surface area contributed by atoms with Gasteiger partial charge in [-0.05, 0) is 55.5 Å². The van der Waals surface area contributed by atoms with Crippen molar-refractivity contribution in [3.63, 3.8) is 0 Å². The molecule has 2 N–H and O–H groups in total. The summed E-state index contributed by atoms with van der Waals surface area (Å²) in [7, 11) is 0. The number of anilines is 1. The molecule has 0 saturated heterocycles. The van der Waals surface area contributed by atoms with E-state index < -0.39 is 17.3 Å². The van der Waals surface area contributed by atoms with Gasteiger partial charge in [0.05, 0.1) is 17.8 Å². The molecule has 1 amide bonds. The van der Waals surface area contributed by atoms with Gasteiger partial charge in [-0.1, -0.05) is 17.7 Å². The third-order valence-corrected chi connectivity index (χ3v) is 4.74. The number of amides is 1. The van der Waals surface area contributed by atoms with Crippen LogP contribution in [0.25, 0.3) is 16.9 Å². The van der Waals surface area contributed by atoms with Gasteiger partial charge in [-0.3, -0.25) is 19.7 Å². The standard InChI is InChI=1S/C21H17ClFN5O2/c1-21(30,16-4-2-3-11-24-16)12-18(29)27-20-25-15-9-10-17(22)26-19(15)28(20)14-7-5-13(23)6-8-14/h2-11,30H,12H2,1H3,(H,25,27,29)/t21-/m1/s1. The minimum absolute atomic E-state index is 0.174. The highest BCUT2D eigenvalue weighted by Gasteiger charge is 2.29. The lowest BCUT2D eigenvalue weighted by Gasteiger charge is -2.21. The second-order valence-corrected chi connectivity index (χ2v) is 7.32. The van der Waals surface area contributed by atoms with Crippen LogP contribution in [0.15, 0.2) is 60.8 Å². The monoisotopic (exact) mass is 425 g/mol. The van der Waals surface area contributed by atoms with E-state index in [0.29, 0.717) is 22.5 Å². The molecule has 9 heteroatoms. The molecule has 4 rings (SSSR count). The number of carbonyl (C=O) groups is 1. The molecule has 0 unspecified atom stereocenters. The van der Waals surface area contributed by atoms with Crippen molar-refractivity contribution >= 4 is 34.6 Å². The van der Waals surface area contributed by atoms with Crippen LogP contribution in [-0.2, 0) is 10.4 Å². The van der Waals surface area contributed by atoms with Crippen LogP contribution in [0.5, 0.6) is 0 Å². The topological polar surface area (TPSA) is 92.9 Å². The first-order chi connectivity index (χ1) is 14.3. The van der Waals surface area contributed by atoms with E-state index in [1.807, 2.05) is 0 Å². The highest BCUT2D eigenvalue weighted by molar-refractivity contribution is 6.29. The lowest BCUT2D eigenvalue weighted by molar-refractivity contribution is -0.121. The highest BCUT2D eigenvalue weighted by Crippen LogP contribution is 2.27. The van der Waals surface area contributed by atoms with Crippen LogP contribution < -0.4 is 5.32 Å². The van der Waals surface area contributed by atoms with Gasteiger partial charge in [-0.2, -0.15) is 0 Å². The molecule has 1 aromatic carbocycles. The number of benzene rings is 1. The van der Waals surface area contributed by atoms with E-state index in [1.54, 1.807) is 53.2 Å². The summed E-state index contributed by atoms with van der Waals surface area (Å²) in [5, 5.41) is 13.7. The number of nitrogens with one attached hydrogen (secondary N) is 1. The Kier molecular flexibility index (Phi) is 5.19. The van der Waals surface area contributed by atoms with Crippen LogP contribution in [0, 0.1) is 5.82 Å². The van der Waals surface area contributed by atoms with E-state index in [-0.39, 0.29) is 17.5 Å². The molecule has 4 aromatic rings. The smallest absolute Gasteiger partial charge is 0.229 e. The fraction of sp³-hybridized carbons (Fsp3) is 0.143. The molecule has 3 aromatic heterocycles. The van der Waals surface area contributed by atoms with Crippen LogP contribution in [0.2, 0.25) is 5.15 Å². The van der Waals surface area contributed by atoms with Gasteiger partial charge in [0.15, 0.2) is 5.65 Å². The molecule has 0 saturated carbocycles. The number of hydrogen-bond donors (Lipinski definition) is 2. The Bertz CT molecular complexity index is 1210. The summed E-state index contributed by atoms with van der Waals surface area (Å²) in [5.41, 5.74) is 0.345. The Morgan fingerprint density at radius 2 is 1.93 bits per heavy atom. The summed E-state index contributed by atoms with van der Waals surface area (Å²) in [4.78, 5) is 25.5. The molecule has 30 heavy (non-hydrogen) atoms. The normalized spacial score (nSPS) is 13.2. The molecule has 0 aliphatic rings. The number of aliphatic hydroxyl groups is 1. The number of halogens is 2. The van der Waals surface area contributed by atoms with Gasteiger partial charge in [0.2, 0.25) is 11.9 Å². The van der Waals surface area contributed by atoms with E-state index in [9.17, 15) is 14.3 Å². The molecule has 0 spiro atoms. The molecule has 0 fully saturated rings. The summed E-state index contributed by atoms with van der Waals surface area (Å²) >= 11 is 6.03. The lowest BCUT2D eigenvalue weighted by atomic mass is 9.97. The van der Waals surface area contributed by atoms with Crippen molar-refractivity contribution in [2.24, 2.45) is 0 Å². The van der Waals surface area contributed by atoms with Gasteiger partial charge < -0.3 is 5.11 Å². The molecule has 3 heterocycles. The first kappa shape index (κ1) is 19.9. The summed E-state index contributed by atoms with van der Waals surface area (Å²) < 4.78 is 15.0. The Morgan fingerprint density at radius 1 is 1.17 bits per heavy atom. The second-order valence-electron chi connectivity index (χ2n) is 6.94. The Hall–Kier alpha value is -3.36. The molecular formula is C21H17ClFN5O2. The molecule has 7 nitrogen and oxygen atoms in total. The van der Waals surface area contributed by atoms with E-state index >= 15 is 0 Å². The van der Waals surface area contributed by atoms with Crippen molar-refractivity contribution in [3.05, 3.63) is 77.5 Å². The zero-order chi connectivity index (χ0) is 21.3. The first-order valence-electron chi connectivity index (χ1n) is 9.08. The minimum Gasteiger partial charge on any atom is -0.383 e. The van der Waals surface area contributed by atoms with Gasteiger partial charge in [-0.25, -0.2) is 14.4 Å². The molecule has 0 aliphatic heterocycles. The molecular weight excluding hydrogens is 409 g/mol. The van der Waals surface area contributed by atoms with Gasteiger partial charge >= 0.3 is 0 Å². The van der Waals surface area contributed by atoms with Crippen molar-refractivity contribution in [1.29, 1.82) is 0 Å². The summed E-state index contributed by atoms with van der Waals surface area (Å²) in [6.45, 7) is 1.51. The van der Waals surface area contributed by atoms with E-state index in [1.165, 1.54) is 19.1 Å². The van der Waals surface area contributed by atoms with Gasteiger partial charge in [0.25, 0.3) is 0 Å². The van der Waals surface area contributed by atoms with Crippen LogP contribution in [0.3, 0.4) is 0 Å². The Morgan fingerprint density at radius 3 is 2.63 bits per heavy atom. The SMILES string of the molecule is C[C@@](O)(CC(=O)Nc1nc2ccc(Cl)nc2n1-c1ccc(F)cc1)c1ccccn1. The maximum atomic E-state index is 13.4. The van der Waals surface area contributed by atoms with Crippen LogP contribution in [-0.4, -0.2) is 30.5 Å². The fourth-order valence-electron chi connectivity index (χ4n) is 3.11. The lowest BCUT2D eigenvalue weighted by Crippen LogP contribution is -2.30. The van der Waals surface area contributed by atoms with Crippen LogP contribution in [0.4, 0.5) is 10.3 Å². The zero-order valence-electron chi connectivity index (χ0n) is 15.9. The number of hydrogen-bond acceptors (Lipinski definition) is 5. The van der Waals surface area contributed by atoms with E-state index in [0.717, 1.165) is 0 Å². The third-order valence-electron chi connectivity index (χ3n) is 4.53. The van der Waals surface area contributed by atoms with Gasteiger partial charge in [0, 0.05) is 6.20 Å². The number of rotatable bonds is 5. The molecule has 0 radical (unpaired) electrons. The Labute approximate surface area is 176 Å². The van der Waals surface area contributed by atoms with E-state index in [4.69, 9.17) is 11.6 Å². The zero-order valence-corrected chi connectivity index (χ0v) is 16.6. The van der Waals surface area contributed by atoms with E-state index in [2.05, 4.69) is 20.3 Å². The van der Waals surface area contributed by atoms with Crippen LogP contribution >= 0.6 is 11.6 Å². The fourth-order valence-corrected chi connectivity index (χ4v) is 3.25. The minimum atomic E-state index is -1.47. The van der Waals surface area contributed by atoms with Crippen LogP contribution in [0.1, 0.15) is 19.0 Å². The number of imidazole rings is 1. The molecule has 1 atom stereocenters. The second kappa shape index (κ2) is 7.81. The average Bonchev–Trinajstić information content (AvgIpc) is 3.05. The summed E-state index contributed by atoms with van der Waals surface area (Å²) in [6.07, 6.45) is 1.30. The van der Waals surface area contributed by atoms with Crippen molar-refractivity contribution in [2.75, 3.05) is 5.32 Å². The maximum absolute atomic E-state index is 13.4. The first-order valence-corrected chi connectivity index (χ1v) is 9.46. The number of fused-ring (bicyclic) bond motifs is 1. The number of aromatic nitrogens is 4. The van der Waals surface area contributed by atoms with Crippen molar-refractivity contribution in [3.8, 4) is 5.69 Å². The van der Waals surface area contributed by atoms with Gasteiger partial charge in [-0.15, -0.1) is 0 Å². The number of carbonyl (C=O) groups excluding carboxylic acids is 1. The largest absolute Gasteiger partial charge is 0.383 e. The Balaban J connectivity index is 1.69. The molecule has 152 valence electrons. The van der Waals surface area contributed by atoms with Crippen molar-refractivity contribution in [2.45, 2.75) is 18.9 Å². The number of nitrogens with zero attached hydrogens (tertiary/aromatic N) is 4.